The van der Waals surface area contributed by atoms with Gasteiger partial charge in [0.25, 0.3) is 0 Å². The first-order valence-electron chi connectivity index (χ1n) is 15.3. The number of nitrogens with zero attached hydrogens (tertiary/aromatic N) is 1. The fraction of sp³-hybridized carbons (Fsp3) is 0. The van der Waals surface area contributed by atoms with E-state index in [0.29, 0.717) is 0 Å². The number of benzene rings is 7. The van der Waals surface area contributed by atoms with Crippen LogP contribution in [-0.2, 0) is 0 Å². The molecule has 0 fully saturated rings. The molecule has 3 heteroatoms. The molecule has 0 saturated heterocycles. The summed E-state index contributed by atoms with van der Waals surface area (Å²) in [7, 11) is 0. The number of para-hydroxylation sites is 2. The van der Waals surface area contributed by atoms with Crippen molar-refractivity contribution >= 4 is 75.3 Å². The molecule has 45 heavy (non-hydrogen) atoms. The van der Waals surface area contributed by atoms with Gasteiger partial charge in [-0.15, -0.1) is 11.3 Å². The second-order valence-corrected chi connectivity index (χ2v) is 12.7. The van der Waals surface area contributed by atoms with E-state index in [0.717, 1.165) is 16.9 Å². The molecule has 0 atom stereocenters. The maximum atomic E-state index is 6.45. The lowest BCUT2D eigenvalue weighted by atomic mass is 9.95. The smallest absolute Gasteiger partial charge is 0.136 e. The minimum atomic E-state index is 0.924. The number of thiophene rings is 1. The lowest BCUT2D eigenvalue weighted by Crippen LogP contribution is -1.93. The Labute approximate surface area is 263 Å². The highest BCUT2D eigenvalue weighted by Crippen LogP contribution is 2.45. The van der Waals surface area contributed by atoms with Crippen LogP contribution in [0, 0.1) is 0 Å². The number of furan rings is 1. The minimum Gasteiger partial charge on any atom is -0.456 e. The Morgan fingerprint density at radius 1 is 0.444 bits per heavy atom. The van der Waals surface area contributed by atoms with Gasteiger partial charge in [0.15, 0.2) is 0 Å². The number of fused-ring (bicyclic) bond motifs is 10. The van der Waals surface area contributed by atoms with Crippen molar-refractivity contribution in [3.8, 4) is 27.9 Å². The zero-order valence-electron chi connectivity index (χ0n) is 24.2. The molecule has 7 aromatic carbocycles. The van der Waals surface area contributed by atoms with Crippen LogP contribution in [0.4, 0.5) is 0 Å². The fourth-order valence-corrected chi connectivity index (χ4v) is 8.44. The zero-order valence-corrected chi connectivity index (χ0v) is 25.0. The third-order valence-corrected chi connectivity index (χ3v) is 10.4. The van der Waals surface area contributed by atoms with Crippen molar-refractivity contribution in [3.63, 3.8) is 0 Å². The Morgan fingerprint density at radius 3 is 1.91 bits per heavy atom. The van der Waals surface area contributed by atoms with Crippen LogP contribution in [0.25, 0.3) is 91.9 Å². The van der Waals surface area contributed by atoms with Gasteiger partial charge in [-0.25, -0.2) is 0 Å². The van der Waals surface area contributed by atoms with Crippen LogP contribution in [-0.4, -0.2) is 4.57 Å². The summed E-state index contributed by atoms with van der Waals surface area (Å²) in [4.78, 5) is 0. The van der Waals surface area contributed by atoms with Gasteiger partial charge in [-0.05, 0) is 76.9 Å². The zero-order chi connectivity index (χ0) is 29.5. The van der Waals surface area contributed by atoms with Gasteiger partial charge >= 0.3 is 0 Å². The van der Waals surface area contributed by atoms with Gasteiger partial charge in [0, 0.05) is 47.4 Å². The molecule has 3 aromatic heterocycles. The summed E-state index contributed by atoms with van der Waals surface area (Å²) in [6.45, 7) is 0. The van der Waals surface area contributed by atoms with Gasteiger partial charge in [0.05, 0.1) is 11.0 Å². The van der Waals surface area contributed by atoms with Crippen molar-refractivity contribution in [2.45, 2.75) is 0 Å². The van der Waals surface area contributed by atoms with Crippen molar-refractivity contribution in [2.75, 3.05) is 0 Å². The topological polar surface area (TPSA) is 18.1 Å². The van der Waals surface area contributed by atoms with Crippen LogP contribution >= 0.6 is 11.3 Å². The molecule has 2 nitrogen and oxygen atoms in total. The molecular formula is C42H25NOS. The van der Waals surface area contributed by atoms with E-state index in [1.807, 2.05) is 11.3 Å². The molecule has 0 aliphatic heterocycles. The number of aromatic nitrogens is 1. The van der Waals surface area contributed by atoms with Gasteiger partial charge < -0.3 is 8.98 Å². The molecule has 0 aliphatic rings. The molecule has 0 amide bonds. The van der Waals surface area contributed by atoms with Crippen molar-refractivity contribution in [1.82, 2.24) is 4.57 Å². The predicted octanol–water partition coefficient (Wildman–Crippen LogP) is 12.4. The van der Waals surface area contributed by atoms with Crippen LogP contribution in [0.3, 0.4) is 0 Å². The first kappa shape index (κ1) is 24.8. The summed E-state index contributed by atoms with van der Waals surface area (Å²) in [5.74, 6) is 0. The highest BCUT2D eigenvalue weighted by atomic mass is 32.1. The average molecular weight is 592 g/mol. The highest BCUT2D eigenvalue weighted by molar-refractivity contribution is 7.26. The van der Waals surface area contributed by atoms with E-state index in [4.69, 9.17) is 4.42 Å². The van der Waals surface area contributed by atoms with Crippen molar-refractivity contribution in [2.24, 2.45) is 0 Å². The van der Waals surface area contributed by atoms with Crippen LogP contribution in [0.5, 0.6) is 0 Å². The van der Waals surface area contributed by atoms with Crippen LogP contribution in [0.2, 0.25) is 0 Å². The van der Waals surface area contributed by atoms with E-state index < -0.39 is 0 Å². The Kier molecular flexibility index (Phi) is 5.19. The first-order valence-corrected chi connectivity index (χ1v) is 16.1. The Morgan fingerprint density at radius 2 is 1.11 bits per heavy atom. The number of hydrogen-bond acceptors (Lipinski definition) is 2. The monoisotopic (exact) mass is 591 g/mol. The van der Waals surface area contributed by atoms with Gasteiger partial charge in [-0.2, -0.15) is 0 Å². The maximum Gasteiger partial charge on any atom is 0.136 e. The van der Waals surface area contributed by atoms with E-state index in [9.17, 15) is 0 Å². The molecule has 0 bridgehead atoms. The molecule has 210 valence electrons. The molecule has 0 spiro atoms. The lowest BCUT2D eigenvalue weighted by Gasteiger charge is -2.11. The normalized spacial score (nSPS) is 12.0. The number of rotatable bonds is 3. The van der Waals surface area contributed by atoms with Crippen molar-refractivity contribution in [1.29, 1.82) is 0 Å². The standard InChI is InChI=1S/C42H25NOS/c1-4-15-35-31(11-1)32-12-2-5-16-36(32)43(35)29-21-19-26(20-22-29)27-9-7-10-28(25-27)30-14-8-17-37-40(30)41-38(44-37)24-23-34-33-13-3-6-18-39(33)45-42(34)41/h1-25H. The van der Waals surface area contributed by atoms with E-state index in [1.54, 1.807) is 0 Å². The molecule has 10 aromatic rings. The quantitative estimate of drug-likeness (QED) is 0.200. The van der Waals surface area contributed by atoms with E-state index >= 15 is 0 Å². The first-order chi connectivity index (χ1) is 22.3. The predicted molar refractivity (Wildman–Crippen MR) is 192 cm³/mol. The summed E-state index contributed by atoms with van der Waals surface area (Å²) in [5.41, 5.74) is 10.2. The third-order valence-electron chi connectivity index (χ3n) is 9.22. The molecule has 0 aliphatic carbocycles. The van der Waals surface area contributed by atoms with E-state index in [1.165, 1.54) is 75.0 Å². The van der Waals surface area contributed by atoms with Crippen LogP contribution in [0.1, 0.15) is 0 Å². The lowest BCUT2D eigenvalue weighted by molar-refractivity contribution is 0.669. The SMILES string of the molecule is c1cc(-c2ccc(-n3c4ccccc4c4ccccc43)cc2)cc(-c2cccc3oc4ccc5c6ccccc6sc5c4c23)c1. The van der Waals surface area contributed by atoms with Gasteiger partial charge in [0.2, 0.25) is 0 Å². The van der Waals surface area contributed by atoms with Gasteiger partial charge in [0.1, 0.15) is 11.2 Å². The molecule has 3 heterocycles. The second-order valence-electron chi connectivity index (χ2n) is 11.7. The molecule has 0 N–H and O–H groups in total. The van der Waals surface area contributed by atoms with Crippen molar-refractivity contribution in [3.05, 3.63) is 152 Å². The Bertz CT molecular complexity index is 2700. The Hall–Kier alpha value is -5.64. The van der Waals surface area contributed by atoms with Crippen LogP contribution < -0.4 is 0 Å². The summed E-state index contributed by atoms with van der Waals surface area (Å²) in [5, 5.41) is 7.54. The molecule has 0 saturated carbocycles. The fourth-order valence-electron chi connectivity index (χ4n) is 7.20. The summed E-state index contributed by atoms with van der Waals surface area (Å²) in [6.07, 6.45) is 0. The summed E-state index contributed by atoms with van der Waals surface area (Å²) in [6, 6.07) is 54.6. The second kappa shape index (κ2) is 9.43. The molecule has 0 unspecified atom stereocenters. The summed E-state index contributed by atoms with van der Waals surface area (Å²) < 4.78 is 11.4. The van der Waals surface area contributed by atoms with E-state index in [2.05, 4.69) is 156 Å². The minimum absolute atomic E-state index is 0.924. The highest BCUT2D eigenvalue weighted by Gasteiger charge is 2.18. The maximum absolute atomic E-state index is 6.45. The number of hydrogen-bond donors (Lipinski definition) is 0. The third kappa shape index (κ3) is 3.62. The Balaban J connectivity index is 1.11. The largest absolute Gasteiger partial charge is 0.456 e. The molecular weight excluding hydrogens is 567 g/mol. The molecule has 10 rings (SSSR count). The van der Waals surface area contributed by atoms with Gasteiger partial charge in [-0.3, -0.25) is 0 Å². The van der Waals surface area contributed by atoms with Gasteiger partial charge in [-0.1, -0.05) is 97.1 Å². The summed E-state index contributed by atoms with van der Waals surface area (Å²) >= 11 is 1.85. The van der Waals surface area contributed by atoms with Crippen molar-refractivity contribution < 1.29 is 4.42 Å². The average Bonchev–Trinajstić information content (AvgIpc) is 3.78. The molecule has 0 radical (unpaired) electrons. The van der Waals surface area contributed by atoms with E-state index in [-0.39, 0.29) is 0 Å². The van der Waals surface area contributed by atoms with Crippen LogP contribution in [0.15, 0.2) is 156 Å².